The van der Waals surface area contributed by atoms with Gasteiger partial charge in [-0.05, 0) is 18.1 Å². The molecule has 1 amide bonds. The molecule has 26 heavy (non-hydrogen) atoms. The van der Waals surface area contributed by atoms with Crippen LogP contribution < -0.4 is 0 Å². The van der Waals surface area contributed by atoms with Crippen LogP contribution in [-0.2, 0) is 27.3 Å². The molecule has 2 aromatic carbocycles. The molecule has 7 heteroatoms. The SMILES string of the molecule is COC(=O)CN(Cc1ccccc1C)C(=O)Cc1ccccc1[N+](=O)[O-]. The molecule has 7 nitrogen and oxygen atoms in total. The molecule has 136 valence electrons. The molecule has 0 aliphatic carbocycles. The lowest BCUT2D eigenvalue weighted by molar-refractivity contribution is -0.385. The highest BCUT2D eigenvalue weighted by molar-refractivity contribution is 5.84. The summed E-state index contributed by atoms with van der Waals surface area (Å²) in [7, 11) is 1.25. The smallest absolute Gasteiger partial charge is 0.325 e. The van der Waals surface area contributed by atoms with E-state index in [2.05, 4.69) is 4.74 Å². The molecule has 0 aliphatic heterocycles. The predicted octanol–water partition coefficient (Wildman–Crippen LogP) is 2.65. The molecule has 2 aromatic rings. The van der Waals surface area contributed by atoms with E-state index < -0.39 is 10.9 Å². The van der Waals surface area contributed by atoms with Gasteiger partial charge in [-0.3, -0.25) is 19.7 Å². The van der Waals surface area contributed by atoms with Crippen molar-refractivity contribution in [3.05, 3.63) is 75.3 Å². The number of hydrogen-bond donors (Lipinski definition) is 0. The van der Waals surface area contributed by atoms with Gasteiger partial charge in [0.15, 0.2) is 0 Å². The van der Waals surface area contributed by atoms with E-state index in [0.29, 0.717) is 5.56 Å². The fraction of sp³-hybridized carbons (Fsp3) is 0.263. The number of nitro groups is 1. The minimum Gasteiger partial charge on any atom is -0.468 e. The van der Waals surface area contributed by atoms with Crippen LogP contribution in [0.2, 0.25) is 0 Å². The van der Waals surface area contributed by atoms with Gasteiger partial charge in [0.25, 0.3) is 5.69 Å². The molecular formula is C19H20N2O5. The lowest BCUT2D eigenvalue weighted by atomic mass is 10.1. The minimum atomic E-state index is -0.547. The summed E-state index contributed by atoms with van der Waals surface area (Å²) in [5, 5.41) is 11.1. The van der Waals surface area contributed by atoms with E-state index in [9.17, 15) is 19.7 Å². The van der Waals surface area contributed by atoms with Crippen LogP contribution in [0.25, 0.3) is 0 Å². The largest absolute Gasteiger partial charge is 0.468 e. The molecule has 0 aromatic heterocycles. The van der Waals surface area contributed by atoms with Crippen molar-refractivity contribution in [3.63, 3.8) is 0 Å². The summed E-state index contributed by atoms with van der Waals surface area (Å²) in [6.45, 7) is 1.92. The molecule has 0 N–H and O–H groups in total. The maximum Gasteiger partial charge on any atom is 0.325 e. The Balaban J connectivity index is 2.24. The molecular weight excluding hydrogens is 336 g/mol. The summed E-state index contributed by atoms with van der Waals surface area (Å²) in [6.07, 6.45) is -0.167. The number of amides is 1. The second kappa shape index (κ2) is 8.75. The normalized spacial score (nSPS) is 10.2. The van der Waals surface area contributed by atoms with Gasteiger partial charge in [-0.15, -0.1) is 0 Å². The van der Waals surface area contributed by atoms with Gasteiger partial charge in [-0.1, -0.05) is 42.5 Å². The molecule has 0 aliphatic rings. The number of methoxy groups -OCH3 is 1. The third-order valence-corrected chi connectivity index (χ3v) is 4.05. The predicted molar refractivity (Wildman–Crippen MR) is 95.4 cm³/mol. The summed E-state index contributed by atoms with van der Waals surface area (Å²) in [5.41, 5.74) is 2.07. The van der Waals surface area contributed by atoms with Gasteiger partial charge < -0.3 is 9.64 Å². The highest BCUT2D eigenvalue weighted by atomic mass is 16.6. The standard InChI is InChI=1S/C19H20N2O5/c1-14-7-3-4-9-16(14)12-20(13-19(23)26-2)18(22)11-15-8-5-6-10-17(15)21(24)25/h3-10H,11-13H2,1-2H3. The highest BCUT2D eigenvalue weighted by Crippen LogP contribution is 2.20. The average Bonchev–Trinajstić information content (AvgIpc) is 2.63. The van der Waals surface area contributed by atoms with E-state index in [0.717, 1.165) is 11.1 Å². The zero-order valence-electron chi connectivity index (χ0n) is 14.7. The van der Waals surface area contributed by atoms with E-state index in [1.165, 1.54) is 18.1 Å². The van der Waals surface area contributed by atoms with Gasteiger partial charge in [0.1, 0.15) is 6.54 Å². The molecule has 0 heterocycles. The first-order valence-corrected chi connectivity index (χ1v) is 8.03. The average molecular weight is 356 g/mol. The number of carbonyl (C=O) groups is 2. The van der Waals surface area contributed by atoms with Crippen molar-refractivity contribution in [1.82, 2.24) is 4.90 Å². The first kappa shape index (κ1) is 19.1. The van der Waals surface area contributed by atoms with Gasteiger partial charge in [0.05, 0.1) is 18.5 Å². The Hall–Kier alpha value is -3.22. The number of nitro benzene ring substituents is 1. The summed E-state index contributed by atoms with van der Waals surface area (Å²) in [6, 6.07) is 13.6. The maximum absolute atomic E-state index is 12.8. The van der Waals surface area contributed by atoms with Gasteiger partial charge in [0.2, 0.25) is 5.91 Å². The Labute approximate surface area is 151 Å². The molecule has 0 bridgehead atoms. The highest BCUT2D eigenvalue weighted by Gasteiger charge is 2.22. The number of ether oxygens (including phenoxy) is 1. The van der Waals surface area contributed by atoms with E-state index >= 15 is 0 Å². The third-order valence-electron chi connectivity index (χ3n) is 4.05. The molecule has 0 radical (unpaired) electrons. The number of carbonyl (C=O) groups excluding carboxylic acids is 2. The Morgan fingerprint density at radius 2 is 1.69 bits per heavy atom. The Morgan fingerprint density at radius 1 is 1.08 bits per heavy atom. The molecule has 2 rings (SSSR count). The van der Waals surface area contributed by atoms with Crippen molar-refractivity contribution in [2.24, 2.45) is 0 Å². The summed E-state index contributed by atoms with van der Waals surface area (Å²) in [5.74, 6) is -0.928. The number of benzene rings is 2. The molecule has 0 saturated heterocycles. The van der Waals surface area contributed by atoms with Crippen LogP contribution in [0.5, 0.6) is 0 Å². The lowest BCUT2D eigenvalue weighted by Gasteiger charge is -2.22. The van der Waals surface area contributed by atoms with E-state index in [1.54, 1.807) is 18.2 Å². The number of esters is 1. The number of nitrogens with zero attached hydrogens (tertiary/aromatic N) is 2. The summed E-state index contributed by atoms with van der Waals surface area (Å²) < 4.78 is 4.67. The van der Waals surface area contributed by atoms with Crippen LogP contribution in [0.15, 0.2) is 48.5 Å². The zero-order chi connectivity index (χ0) is 19.1. The van der Waals surface area contributed by atoms with Gasteiger partial charge in [-0.2, -0.15) is 0 Å². The fourth-order valence-corrected chi connectivity index (χ4v) is 2.56. The third kappa shape index (κ3) is 4.89. The van der Waals surface area contributed by atoms with Crippen molar-refractivity contribution >= 4 is 17.6 Å². The van der Waals surface area contributed by atoms with E-state index in [4.69, 9.17) is 0 Å². The van der Waals surface area contributed by atoms with Gasteiger partial charge >= 0.3 is 5.97 Å². The second-order valence-corrected chi connectivity index (χ2v) is 5.82. The lowest BCUT2D eigenvalue weighted by Crippen LogP contribution is -2.37. The van der Waals surface area contributed by atoms with Crippen LogP contribution in [0, 0.1) is 17.0 Å². The second-order valence-electron chi connectivity index (χ2n) is 5.82. The summed E-state index contributed by atoms with van der Waals surface area (Å²) in [4.78, 5) is 36.4. The number of para-hydroxylation sites is 1. The van der Waals surface area contributed by atoms with Crippen LogP contribution in [0.4, 0.5) is 5.69 Å². The molecule has 0 atom stereocenters. The van der Waals surface area contributed by atoms with Crippen molar-refractivity contribution in [2.45, 2.75) is 19.9 Å². The minimum absolute atomic E-state index is 0.116. The number of aryl methyl sites for hydroxylation is 1. The molecule has 0 unspecified atom stereocenters. The fourth-order valence-electron chi connectivity index (χ4n) is 2.56. The van der Waals surface area contributed by atoms with Gasteiger partial charge in [0, 0.05) is 18.2 Å². The van der Waals surface area contributed by atoms with Crippen molar-refractivity contribution in [3.8, 4) is 0 Å². The Morgan fingerprint density at radius 3 is 2.31 bits per heavy atom. The quantitative estimate of drug-likeness (QED) is 0.432. The topological polar surface area (TPSA) is 89.8 Å². The van der Waals surface area contributed by atoms with E-state index in [-0.39, 0.29) is 31.1 Å². The van der Waals surface area contributed by atoms with Crippen LogP contribution >= 0.6 is 0 Å². The van der Waals surface area contributed by atoms with Crippen LogP contribution in [0.1, 0.15) is 16.7 Å². The Bertz CT molecular complexity index is 819. The van der Waals surface area contributed by atoms with Crippen molar-refractivity contribution < 1.29 is 19.2 Å². The first-order valence-electron chi connectivity index (χ1n) is 8.03. The van der Waals surface area contributed by atoms with Crippen LogP contribution in [-0.4, -0.2) is 35.4 Å². The van der Waals surface area contributed by atoms with Crippen LogP contribution in [0.3, 0.4) is 0 Å². The molecule has 0 saturated carbocycles. The number of rotatable bonds is 7. The van der Waals surface area contributed by atoms with E-state index in [1.807, 2.05) is 31.2 Å². The zero-order valence-corrected chi connectivity index (χ0v) is 14.7. The monoisotopic (exact) mass is 356 g/mol. The molecule has 0 spiro atoms. The van der Waals surface area contributed by atoms with Crippen molar-refractivity contribution in [1.29, 1.82) is 0 Å². The maximum atomic E-state index is 12.8. The Kier molecular flexibility index (Phi) is 6.43. The van der Waals surface area contributed by atoms with Crippen molar-refractivity contribution in [2.75, 3.05) is 13.7 Å². The van der Waals surface area contributed by atoms with Gasteiger partial charge in [-0.25, -0.2) is 0 Å². The number of hydrogen-bond acceptors (Lipinski definition) is 5. The molecule has 0 fully saturated rings. The first-order chi connectivity index (χ1) is 12.4. The summed E-state index contributed by atoms with van der Waals surface area (Å²) >= 11 is 0.